The third kappa shape index (κ3) is 17.7. The molecule has 0 atom stereocenters. The van der Waals surface area contributed by atoms with Crippen molar-refractivity contribution >= 4 is 11.9 Å². The number of aliphatic carboxylic acids is 2. The zero-order valence-electron chi connectivity index (χ0n) is 17.7. The van der Waals surface area contributed by atoms with E-state index in [4.69, 9.17) is 5.11 Å². The van der Waals surface area contributed by atoms with Gasteiger partial charge in [-0.1, -0.05) is 53.4 Å². The van der Waals surface area contributed by atoms with E-state index in [9.17, 15) is 14.7 Å². The van der Waals surface area contributed by atoms with Crippen LogP contribution in [-0.4, -0.2) is 47.7 Å². The molecule has 0 bridgehead atoms. The number of carbonyl (C=O) groups excluding carboxylic acids is 1. The molecule has 0 aromatic carbocycles. The van der Waals surface area contributed by atoms with E-state index in [2.05, 4.69) is 27.7 Å². The van der Waals surface area contributed by atoms with E-state index in [0.29, 0.717) is 0 Å². The number of carboxylic acid groups (broad SMARTS) is 2. The molecule has 0 aliphatic heterocycles. The topological polar surface area (TPSA) is 77.4 Å². The van der Waals surface area contributed by atoms with Crippen molar-refractivity contribution in [2.75, 3.05) is 26.2 Å². The molecule has 5 heteroatoms. The molecular weight excluding hydrogens is 330 g/mol. The first-order valence-corrected chi connectivity index (χ1v) is 10.6. The highest BCUT2D eigenvalue weighted by Gasteiger charge is 2.24. The lowest BCUT2D eigenvalue weighted by Crippen LogP contribution is -2.50. The molecule has 5 nitrogen and oxygen atoms in total. The summed E-state index contributed by atoms with van der Waals surface area (Å²) in [7, 11) is 0. The van der Waals surface area contributed by atoms with Crippen LogP contribution in [0.15, 0.2) is 0 Å². The molecule has 0 saturated heterocycles. The van der Waals surface area contributed by atoms with E-state index in [0.717, 1.165) is 0 Å². The van der Waals surface area contributed by atoms with Gasteiger partial charge in [-0.3, -0.25) is 4.79 Å². The van der Waals surface area contributed by atoms with Gasteiger partial charge in [0.05, 0.1) is 26.2 Å². The third-order valence-corrected chi connectivity index (χ3v) is 4.72. The number of quaternary nitrogens is 1. The molecule has 0 rings (SSSR count). The SMILES string of the molecule is CCCC[N+](CCCC)(CCCC)CCCC.O=C([O-])CCCC(=O)O. The summed E-state index contributed by atoms with van der Waals surface area (Å²) in [6.07, 6.45) is 10.9. The Hall–Kier alpha value is -1.10. The fourth-order valence-electron chi connectivity index (χ4n) is 3.03. The van der Waals surface area contributed by atoms with Gasteiger partial charge < -0.3 is 19.5 Å². The highest BCUT2D eigenvalue weighted by molar-refractivity contribution is 5.68. The maximum atomic E-state index is 9.77. The van der Waals surface area contributed by atoms with Crippen LogP contribution in [0.5, 0.6) is 0 Å². The van der Waals surface area contributed by atoms with Crippen LogP contribution in [0.1, 0.15) is 98.3 Å². The van der Waals surface area contributed by atoms with Crippen molar-refractivity contribution in [1.82, 2.24) is 0 Å². The van der Waals surface area contributed by atoms with Gasteiger partial charge in [0, 0.05) is 12.4 Å². The summed E-state index contributed by atoms with van der Waals surface area (Å²) in [4.78, 5) is 19.4. The first-order chi connectivity index (χ1) is 12.4. The monoisotopic (exact) mass is 373 g/mol. The van der Waals surface area contributed by atoms with Crippen LogP contribution >= 0.6 is 0 Å². The zero-order valence-corrected chi connectivity index (χ0v) is 17.7. The molecule has 0 spiro atoms. The number of unbranched alkanes of at least 4 members (excludes halogenated alkanes) is 4. The Balaban J connectivity index is 0. The average Bonchev–Trinajstić information content (AvgIpc) is 2.60. The van der Waals surface area contributed by atoms with E-state index in [1.807, 2.05) is 0 Å². The van der Waals surface area contributed by atoms with Gasteiger partial charge in [-0.15, -0.1) is 0 Å². The van der Waals surface area contributed by atoms with Gasteiger partial charge >= 0.3 is 5.97 Å². The molecule has 26 heavy (non-hydrogen) atoms. The first-order valence-electron chi connectivity index (χ1n) is 10.6. The zero-order chi connectivity index (χ0) is 20.3. The van der Waals surface area contributed by atoms with Crippen LogP contribution in [0.2, 0.25) is 0 Å². The molecule has 0 aliphatic rings. The normalized spacial score (nSPS) is 10.9. The Labute approximate surface area is 161 Å². The second-order valence-corrected chi connectivity index (χ2v) is 7.27. The minimum atomic E-state index is -1.20. The molecule has 0 aliphatic carbocycles. The quantitative estimate of drug-likeness (QED) is 0.415. The Kier molecular flexibility index (Phi) is 19.5. The first kappa shape index (κ1) is 27.1. The van der Waals surface area contributed by atoms with Crippen LogP contribution in [0.25, 0.3) is 0 Å². The fourth-order valence-corrected chi connectivity index (χ4v) is 3.03. The fraction of sp³-hybridized carbons (Fsp3) is 0.905. The molecule has 0 amide bonds. The van der Waals surface area contributed by atoms with Crippen LogP contribution in [-0.2, 0) is 9.59 Å². The van der Waals surface area contributed by atoms with Crippen molar-refractivity contribution < 1.29 is 24.3 Å². The molecule has 0 aromatic heterocycles. The van der Waals surface area contributed by atoms with Gasteiger partial charge in [0.2, 0.25) is 0 Å². The van der Waals surface area contributed by atoms with Crippen LogP contribution in [0.3, 0.4) is 0 Å². The lowest BCUT2D eigenvalue weighted by atomic mass is 10.1. The van der Waals surface area contributed by atoms with E-state index in [-0.39, 0.29) is 19.3 Å². The standard InChI is InChI=1S/C16H36N.C5H8O4/c1-5-9-13-17(14-10-6-2,15-11-7-3)16-12-8-4;6-4(7)2-1-3-5(8)9/h5-16H2,1-4H3;1-3H2,(H,6,7)(H,8,9)/q+1;/p-1. The number of carbonyl (C=O) groups is 2. The van der Waals surface area contributed by atoms with Crippen LogP contribution in [0, 0.1) is 0 Å². The van der Waals surface area contributed by atoms with Crippen LogP contribution < -0.4 is 5.11 Å². The van der Waals surface area contributed by atoms with Gasteiger partial charge in [-0.2, -0.15) is 0 Å². The molecule has 0 radical (unpaired) electrons. The molecular formula is C21H43NO4. The molecule has 0 unspecified atom stereocenters. The minimum absolute atomic E-state index is 0.103. The molecule has 1 N–H and O–H groups in total. The highest BCUT2D eigenvalue weighted by Crippen LogP contribution is 2.16. The Bertz CT molecular complexity index is 293. The van der Waals surface area contributed by atoms with E-state index in [1.54, 1.807) is 0 Å². The number of hydrogen-bond acceptors (Lipinski definition) is 3. The molecule has 156 valence electrons. The third-order valence-electron chi connectivity index (χ3n) is 4.72. The summed E-state index contributed by atoms with van der Waals surface area (Å²) < 4.78 is 1.42. The maximum Gasteiger partial charge on any atom is 0.303 e. The molecule has 0 heterocycles. The summed E-state index contributed by atoms with van der Waals surface area (Å²) in [5.74, 6) is -2.17. The predicted molar refractivity (Wildman–Crippen MR) is 106 cm³/mol. The number of carboxylic acids is 2. The summed E-state index contributed by atoms with van der Waals surface area (Å²) >= 11 is 0. The summed E-state index contributed by atoms with van der Waals surface area (Å²) in [6.45, 7) is 15.0. The van der Waals surface area contributed by atoms with E-state index >= 15 is 0 Å². The van der Waals surface area contributed by atoms with Gasteiger partial charge in [0.15, 0.2) is 0 Å². The highest BCUT2D eigenvalue weighted by atomic mass is 16.4. The second-order valence-electron chi connectivity index (χ2n) is 7.27. The van der Waals surface area contributed by atoms with E-state index in [1.165, 1.54) is 82.0 Å². The van der Waals surface area contributed by atoms with Gasteiger partial charge in [-0.05, 0) is 38.5 Å². The number of rotatable bonds is 16. The van der Waals surface area contributed by atoms with Gasteiger partial charge in [0.1, 0.15) is 0 Å². The largest absolute Gasteiger partial charge is 0.550 e. The van der Waals surface area contributed by atoms with Crippen molar-refractivity contribution in [3.63, 3.8) is 0 Å². The minimum Gasteiger partial charge on any atom is -0.550 e. The smallest absolute Gasteiger partial charge is 0.303 e. The van der Waals surface area contributed by atoms with Gasteiger partial charge in [-0.25, -0.2) is 0 Å². The summed E-state index contributed by atoms with van der Waals surface area (Å²) in [5, 5.41) is 17.7. The van der Waals surface area contributed by atoms with Crippen molar-refractivity contribution in [2.45, 2.75) is 98.3 Å². The Morgan fingerprint density at radius 3 is 1.27 bits per heavy atom. The Morgan fingerprint density at radius 1 is 0.692 bits per heavy atom. The van der Waals surface area contributed by atoms with Crippen molar-refractivity contribution in [3.8, 4) is 0 Å². The van der Waals surface area contributed by atoms with Crippen molar-refractivity contribution in [2.24, 2.45) is 0 Å². The van der Waals surface area contributed by atoms with Crippen LogP contribution in [0.4, 0.5) is 0 Å². The Morgan fingerprint density at radius 2 is 1.04 bits per heavy atom. The lowest BCUT2D eigenvalue weighted by Gasteiger charge is -2.39. The average molecular weight is 374 g/mol. The molecule has 0 fully saturated rings. The summed E-state index contributed by atoms with van der Waals surface area (Å²) in [5.41, 5.74) is 0. The van der Waals surface area contributed by atoms with Crippen molar-refractivity contribution in [1.29, 1.82) is 0 Å². The number of nitrogens with zero attached hydrogens (tertiary/aromatic N) is 1. The van der Waals surface area contributed by atoms with Gasteiger partial charge in [0.25, 0.3) is 0 Å². The number of hydrogen-bond donors (Lipinski definition) is 1. The predicted octanol–water partition coefficient (Wildman–Crippen LogP) is 3.99. The molecule has 0 aromatic rings. The van der Waals surface area contributed by atoms with E-state index < -0.39 is 11.9 Å². The second kappa shape index (κ2) is 18.7. The maximum absolute atomic E-state index is 9.77. The summed E-state index contributed by atoms with van der Waals surface area (Å²) in [6, 6.07) is 0. The lowest BCUT2D eigenvalue weighted by molar-refractivity contribution is -0.929. The van der Waals surface area contributed by atoms with Crippen molar-refractivity contribution in [3.05, 3.63) is 0 Å². The molecule has 0 saturated carbocycles.